The molecular weight excluding hydrogens is 370 g/mol. The van der Waals surface area contributed by atoms with Crippen molar-refractivity contribution < 1.29 is 4.79 Å². The second-order valence-corrected chi connectivity index (χ2v) is 6.67. The maximum absolute atomic E-state index is 12.7. The average Bonchev–Trinajstić information content (AvgIpc) is 2.87. The molecule has 1 saturated carbocycles. The Kier molecular flexibility index (Phi) is 5.22. The predicted molar refractivity (Wildman–Crippen MR) is 85.3 cm³/mol. The van der Waals surface area contributed by atoms with Crippen LogP contribution in [0.25, 0.3) is 0 Å². The van der Waals surface area contributed by atoms with E-state index in [1.165, 1.54) is 12.8 Å². The van der Waals surface area contributed by atoms with Gasteiger partial charge in [0.1, 0.15) is 0 Å². The molecule has 0 bridgehead atoms. The van der Waals surface area contributed by atoms with E-state index in [2.05, 4.69) is 38.4 Å². The molecule has 1 aliphatic carbocycles. The zero-order valence-electron chi connectivity index (χ0n) is 10.7. The zero-order valence-corrected chi connectivity index (χ0v) is 13.9. The van der Waals surface area contributed by atoms with Crippen LogP contribution < -0.4 is 0 Å². The van der Waals surface area contributed by atoms with Crippen molar-refractivity contribution in [3.8, 4) is 0 Å². The first-order chi connectivity index (χ1) is 9.11. The molecule has 0 radical (unpaired) electrons. The van der Waals surface area contributed by atoms with Crippen LogP contribution in [-0.4, -0.2) is 23.4 Å². The van der Waals surface area contributed by atoms with E-state index in [4.69, 9.17) is 0 Å². The molecule has 1 fully saturated rings. The van der Waals surface area contributed by atoms with Gasteiger partial charge in [-0.2, -0.15) is 0 Å². The third-order valence-corrected chi connectivity index (χ3v) is 4.38. The minimum absolute atomic E-state index is 0.0915. The molecule has 0 aliphatic heterocycles. The molecule has 0 spiro atoms. The highest BCUT2D eigenvalue weighted by atomic mass is 79.9. The summed E-state index contributed by atoms with van der Waals surface area (Å²) in [6.07, 6.45) is 6.45. The summed E-state index contributed by atoms with van der Waals surface area (Å²) in [6.45, 7) is 4.39. The van der Waals surface area contributed by atoms with Crippen LogP contribution in [0.4, 0.5) is 0 Å². The van der Waals surface area contributed by atoms with E-state index in [1.807, 2.05) is 29.2 Å². The van der Waals surface area contributed by atoms with Crippen molar-refractivity contribution >= 4 is 37.8 Å². The molecule has 0 N–H and O–H groups in total. The van der Waals surface area contributed by atoms with Gasteiger partial charge in [0.2, 0.25) is 0 Å². The standard InChI is InChI=1S/C15H17Br2NO/c1-2-7-18(14-5-3-4-6-14)15(19)11-8-12(16)10-13(17)9-11/h2,8-10,14H,1,3-7H2. The van der Waals surface area contributed by atoms with Gasteiger partial charge in [0, 0.05) is 27.1 Å². The smallest absolute Gasteiger partial charge is 0.254 e. The lowest BCUT2D eigenvalue weighted by molar-refractivity contribution is 0.0706. The maximum Gasteiger partial charge on any atom is 0.254 e. The molecular formula is C15H17Br2NO. The van der Waals surface area contributed by atoms with E-state index < -0.39 is 0 Å². The predicted octanol–water partition coefficient (Wildman–Crippen LogP) is 4.78. The topological polar surface area (TPSA) is 20.3 Å². The van der Waals surface area contributed by atoms with E-state index in [9.17, 15) is 4.79 Å². The van der Waals surface area contributed by atoms with E-state index in [1.54, 1.807) is 0 Å². The Morgan fingerprint density at radius 2 is 1.84 bits per heavy atom. The highest BCUT2D eigenvalue weighted by Gasteiger charge is 2.26. The minimum Gasteiger partial charge on any atom is -0.332 e. The van der Waals surface area contributed by atoms with Crippen LogP contribution in [-0.2, 0) is 0 Å². The Morgan fingerprint density at radius 3 is 2.37 bits per heavy atom. The normalized spacial score (nSPS) is 15.5. The fourth-order valence-electron chi connectivity index (χ4n) is 2.60. The van der Waals surface area contributed by atoms with E-state index >= 15 is 0 Å². The fraction of sp³-hybridized carbons (Fsp3) is 0.400. The summed E-state index contributed by atoms with van der Waals surface area (Å²) in [7, 11) is 0. The Hall–Kier alpha value is -0.610. The van der Waals surface area contributed by atoms with Crippen LogP contribution >= 0.6 is 31.9 Å². The molecule has 0 aromatic heterocycles. The summed E-state index contributed by atoms with van der Waals surface area (Å²) in [5, 5.41) is 0. The summed E-state index contributed by atoms with van der Waals surface area (Å²) >= 11 is 6.86. The first kappa shape index (κ1) is 14.8. The molecule has 0 saturated heterocycles. The van der Waals surface area contributed by atoms with Gasteiger partial charge in [-0.15, -0.1) is 6.58 Å². The SMILES string of the molecule is C=CCN(C(=O)c1cc(Br)cc(Br)c1)C1CCCC1. The number of rotatable bonds is 4. The molecule has 1 amide bonds. The summed E-state index contributed by atoms with van der Waals surface area (Å²) < 4.78 is 1.82. The molecule has 4 heteroatoms. The van der Waals surface area contributed by atoms with Gasteiger partial charge in [-0.3, -0.25) is 4.79 Å². The number of amides is 1. The summed E-state index contributed by atoms with van der Waals surface area (Å²) in [5.74, 6) is 0.0915. The number of carbonyl (C=O) groups excluding carboxylic acids is 1. The van der Waals surface area contributed by atoms with Crippen LogP contribution in [0.2, 0.25) is 0 Å². The van der Waals surface area contributed by atoms with Gasteiger partial charge in [0.05, 0.1) is 0 Å². The quantitative estimate of drug-likeness (QED) is 0.681. The average molecular weight is 387 g/mol. The summed E-state index contributed by atoms with van der Waals surface area (Å²) in [4.78, 5) is 14.6. The number of nitrogens with zero attached hydrogens (tertiary/aromatic N) is 1. The first-order valence-corrected chi connectivity index (χ1v) is 8.08. The molecule has 0 heterocycles. The number of hydrogen-bond donors (Lipinski definition) is 0. The second-order valence-electron chi connectivity index (χ2n) is 4.84. The first-order valence-electron chi connectivity index (χ1n) is 6.50. The second kappa shape index (κ2) is 6.71. The largest absolute Gasteiger partial charge is 0.332 e. The van der Waals surface area contributed by atoms with Gasteiger partial charge in [0.15, 0.2) is 0 Å². The molecule has 19 heavy (non-hydrogen) atoms. The van der Waals surface area contributed by atoms with Crippen LogP contribution in [0.15, 0.2) is 39.8 Å². The Balaban J connectivity index is 2.24. The molecule has 0 atom stereocenters. The lowest BCUT2D eigenvalue weighted by Gasteiger charge is -2.28. The molecule has 1 aliphatic rings. The molecule has 102 valence electrons. The number of halogens is 2. The Bertz CT molecular complexity index is 461. The van der Waals surface area contributed by atoms with Gasteiger partial charge in [-0.25, -0.2) is 0 Å². The maximum atomic E-state index is 12.7. The van der Waals surface area contributed by atoms with Crippen molar-refractivity contribution in [3.63, 3.8) is 0 Å². The molecule has 2 nitrogen and oxygen atoms in total. The highest BCUT2D eigenvalue weighted by molar-refractivity contribution is 9.11. The van der Waals surface area contributed by atoms with Crippen molar-refractivity contribution in [1.29, 1.82) is 0 Å². The van der Waals surface area contributed by atoms with E-state index in [0.29, 0.717) is 12.6 Å². The lowest BCUT2D eigenvalue weighted by Crippen LogP contribution is -2.38. The monoisotopic (exact) mass is 385 g/mol. The molecule has 1 aromatic rings. The van der Waals surface area contributed by atoms with Gasteiger partial charge < -0.3 is 4.90 Å². The van der Waals surface area contributed by atoms with E-state index in [0.717, 1.165) is 27.4 Å². The van der Waals surface area contributed by atoms with Crippen LogP contribution in [0.3, 0.4) is 0 Å². The van der Waals surface area contributed by atoms with Crippen molar-refractivity contribution in [1.82, 2.24) is 4.90 Å². The van der Waals surface area contributed by atoms with Crippen LogP contribution in [0.1, 0.15) is 36.0 Å². The van der Waals surface area contributed by atoms with E-state index in [-0.39, 0.29) is 5.91 Å². The molecule has 2 rings (SSSR count). The lowest BCUT2D eigenvalue weighted by atomic mass is 10.1. The van der Waals surface area contributed by atoms with Crippen molar-refractivity contribution in [2.24, 2.45) is 0 Å². The zero-order chi connectivity index (χ0) is 13.8. The highest BCUT2D eigenvalue weighted by Crippen LogP contribution is 2.27. The Labute approximate surface area is 131 Å². The number of benzene rings is 1. The summed E-state index contributed by atoms with van der Waals surface area (Å²) in [5.41, 5.74) is 0.718. The van der Waals surface area contributed by atoms with Crippen LogP contribution in [0, 0.1) is 0 Å². The number of carbonyl (C=O) groups is 1. The minimum atomic E-state index is 0.0915. The summed E-state index contributed by atoms with van der Waals surface area (Å²) in [6, 6.07) is 6.05. The van der Waals surface area contributed by atoms with Crippen molar-refractivity contribution in [2.75, 3.05) is 6.54 Å². The van der Waals surface area contributed by atoms with Crippen molar-refractivity contribution in [3.05, 3.63) is 45.4 Å². The van der Waals surface area contributed by atoms with Crippen LogP contribution in [0.5, 0.6) is 0 Å². The number of hydrogen-bond acceptors (Lipinski definition) is 1. The van der Waals surface area contributed by atoms with Crippen molar-refractivity contribution in [2.45, 2.75) is 31.7 Å². The Morgan fingerprint density at radius 1 is 1.26 bits per heavy atom. The van der Waals surface area contributed by atoms with Gasteiger partial charge in [-0.05, 0) is 31.0 Å². The molecule has 1 aromatic carbocycles. The van der Waals surface area contributed by atoms with Gasteiger partial charge in [-0.1, -0.05) is 50.8 Å². The molecule has 0 unspecified atom stereocenters. The third kappa shape index (κ3) is 3.69. The third-order valence-electron chi connectivity index (χ3n) is 3.46. The van der Waals surface area contributed by atoms with Gasteiger partial charge in [0.25, 0.3) is 5.91 Å². The van der Waals surface area contributed by atoms with Gasteiger partial charge >= 0.3 is 0 Å². The fourth-order valence-corrected chi connectivity index (χ4v) is 3.89.